The number of nitrogens with two attached hydrogens (primary N) is 1. The van der Waals surface area contributed by atoms with Crippen LogP contribution in [0.1, 0.15) is 11.1 Å². The molecule has 2 rings (SSSR count). The molecule has 0 aliphatic rings. The van der Waals surface area contributed by atoms with E-state index in [0.717, 1.165) is 10.6 Å². The van der Waals surface area contributed by atoms with Gasteiger partial charge in [-0.25, -0.2) is 8.78 Å². The molecule has 0 spiro atoms. The highest BCUT2D eigenvalue weighted by atomic mass is 79.9. The topological polar surface area (TPSA) is 80.6 Å². The molecule has 1 aromatic carbocycles. The van der Waals surface area contributed by atoms with Crippen LogP contribution in [0.15, 0.2) is 44.9 Å². The third kappa shape index (κ3) is 2.94. The van der Waals surface area contributed by atoms with Crippen molar-refractivity contribution >= 4 is 21.8 Å². The van der Waals surface area contributed by atoms with Gasteiger partial charge >= 0.3 is 0 Å². The third-order valence-electron chi connectivity index (χ3n) is 2.87. The van der Waals surface area contributed by atoms with Crippen LogP contribution in [0.5, 0.6) is 0 Å². The summed E-state index contributed by atoms with van der Waals surface area (Å²) in [5.41, 5.74) is 4.43. The van der Waals surface area contributed by atoms with Gasteiger partial charge in [-0.15, -0.1) is 0 Å². The van der Waals surface area contributed by atoms with Gasteiger partial charge in [0.05, 0.1) is 16.6 Å². The van der Waals surface area contributed by atoms with Crippen molar-refractivity contribution in [2.75, 3.05) is 0 Å². The van der Waals surface area contributed by atoms with Gasteiger partial charge in [-0.2, -0.15) is 0 Å². The van der Waals surface area contributed by atoms with Gasteiger partial charge in [-0.3, -0.25) is 4.79 Å². The van der Waals surface area contributed by atoms with Crippen molar-refractivity contribution in [2.24, 2.45) is 10.9 Å². The molecule has 2 aromatic rings. The van der Waals surface area contributed by atoms with Crippen molar-refractivity contribution in [3.63, 3.8) is 0 Å². The van der Waals surface area contributed by atoms with Crippen molar-refractivity contribution in [2.45, 2.75) is 6.54 Å². The molecule has 1 heterocycles. The molecule has 0 atom stereocenters. The first-order chi connectivity index (χ1) is 9.95. The average molecular weight is 358 g/mol. The van der Waals surface area contributed by atoms with Crippen LogP contribution in [0.3, 0.4) is 0 Å². The van der Waals surface area contributed by atoms with E-state index in [4.69, 9.17) is 10.9 Å². The number of hydrogen-bond donors (Lipinski definition) is 2. The quantitative estimate of drug-likeness (QED) is 0.290. The SMILES string of the molecule is N/C(=N/O)c1cccn(Cc2c(F)ccc(Br)c2F)c1=O. The van der Waals surface area contributed by atoms with Crippen molar-refractivity contribution in [3.8, 4) is 0 Å². The van der Waals surface area contributed by atoms with E-state index in [9.17, 15) is 13.6 Å². The lowest BCUT2D eigenvalue weighted by Crippen LogP contribution is -2.30. The summed E-state index contributed by atoms with van der Waals surface area (Å²) in [4.78, 5) is 12.1. The van der Waals surface area contributed by atoms with Gasteiger partial charge in [0.1, 0.15) is 11.6 Å². The second kappa shape index (κ2) is 6.04. The maximum absolute atomic E-state index is 13.9. The number of aromatic nitrogens is 1. The average Bonchev–Trinajstić information content (AvgIpc) is 2.48. The Bertz CT molecular complexity index is 774. The molecule has 5 nitrogen and oxygen atoms in total. The maximum atomic E-state index is 13.9. The van der Waals surface area contributed by atoms with E-state index in [-0.39, 0.29) is 28.0 Å². The zero-order chi connectivity index (χ0) is 15.6. The number of nitrogens with zero attached hydrogens (tertiary/aromatic N) is 2. The monoisotopic (exact) mass is 357 g/mol. The molecule has 0 bridgehead atoms. The molecule has 8 heteroatoms. The Hall–Kier alpha value is -2.22. The normalized spacial score (nSPS) is 11.7. The Balaban J connectivity index is 2.52. The van der Waals surface area contributed by atoms with Gasteiger partial charge in [0.15, 0.2) is 5.84 Å². The second-order valence-corrected chi connectivity index (χ2v) is 5.02. The van der Waals surface area contributed by atoms with Gasteiger partial charge in [-0.05, 0) is 40.2 Å². The van der Waals surface area contributed by atoms with E-state index in [2.05, 4.69) is 21.1 Å². The standard InChI is InChI=1S/C13H10BrF2N3O2/c14-9-3-4-10(15)8(11(9)16)6-19-5-1-2-7(13(19)20)12(17)18-21/h1-5,21H,6H2,(H2,17,18). The van der Waals surface area contributed by atoms with Gasteiger partial charge < -0.3 is 15.5 Å². The Morgan fingerprint density at radius 2 is 2.10 bits per heavy atom. The largest absolute Gasteiger partial charge is 0.409 e. The maximum Gasteiger partial charge on any atom is 0.261 e. The molecule has 0 aliphatic carbocycles. The van der Waals surface area contributed by atoms with Crippen LogP contribution in [0.25, 0.3) is 0 Å². The molecule has 0 saturated heterocycles. The fraction of sp³-hybridized carbons (Fsp3) is 0.0769. The number of hydrogen-bond acceptors (Lipinski definition) is 3. The smallest absolute Gasteiger partial charge is 0.261 e. The molecule has 0 radical (unpaired) electrons. The molecule has 3 N–H and O–H groups in total. The van der Waals surface area contributed by atoms with E-state index in [1.54, 1.807) is 0 Å². The Morgan fingerprint density at radius 1 is 1.38 bits per heavy atom. The first-order valence-corrected chi connectivity index (χ1v) is 6.54. The van der Waals surface area contributed by atoms with Crippen LogP contribution in [0.4, 0.5) is 8.78 Å². The minimum Gasteiger partial charge on any atom is -0.409 e. The van der Waals surface area contributed by atoms with Crippen molar-refractivity contribution in [1.82, 2.24) is 4.57 Å². The molecular formula is C13H10BrF2N3O2. The van der Waals surface area contributed by atoms with E-state index >= 15 is 0 Å². The minimum absolute atomic E-state index is 0.0594. The highest BCUT2D eigenvalue weighted by molar-refractivity contribution is 9.10. The highest BCUT2D eigenvalue weighted by Crippen LogP contribution is 2.22. The van der Waals surface area contributed by atoms with Gasteiger partial charge in [-0.1, -0.05) is 5.16 Å². The first-order valence-electron chi connectivity index (χ1n) is 5.75. The third-order valence-corrected chi connectivity index (χ3v) is 3.48. The second-order valence-electron chi connectivity index (χ2n) is 4.16. The number of rotatable bonds is 3. The van der Waals surface area contributed by atoms with E-state index in [1.165, 1.54) is 24.4 Å². The van der Waals surface area contributed by atoms with Crippen LogP contribution in [0, 0.1) is 11.6 Å². The molecule has 0 aliphatic heterocycles. The van der Waals surface area contributed by atoms with Crippen molar-refractivity contribution < 1.29 is 14.0 Å². The summed E-state index contributed by atoms with van der Waals surface area (Å²) in [5, 5.41) is 11.3. The fourth-order valence-corrected chi connectivity index (χ4v) is 2.17. The van der Waals surface area contributed by atoms with E-state index in [0.29, 0.717) is 0 Å². The summed E-state index contributed by atoms with van der Waals surface area (Å²) < 4.78 is 28.8. The molecule has 110 valence electrons. The summed E-state index contributed by atoms with van der Waals surface area (Å²) >= 11 is 2.96. The lowest BCUT2D eigenvalue weighted by atomic mass is 10.2. The van der Waals surface area contributed by atoms with Crippen LogP contribution in [-0.4, -0.2) is 15.6 Å². The first kappa shape index (κ1) is 15.2. The van der Waals surface area contributed by atoms with Crippen LogP contribution >= 0.6 is 15.9 Å². The number of benzene rings is 1. The molecule has 0 saturated carbocycles. The molecular weight excluding hydrogens is 348 g/mol. The van der Waals surface area contributed by atoms with Crippen molar-refractivity contribution in [3.05, 3.63) is 68.1 Å². The predicted octanol–water partition coefficient (Wildman–Crippen LogP) is 2.03. The van der Waals surface area contributed by atoms with Gasteiger partial charge in [0, 0.05) is 11.8 Å². The number of oxime groups is 1. The van der Waals surface area contributed by atoms with Crippen LogP contribution in [-0.2, 0) is 6.54 Å². The summed E-state index contributed by atoms with van der Waals surface area (Å²) in [5.74, 6) is -1.92. The zero-order valence-electron chi connectivity index (χ0n) is 10.6. The van der Waals surface area contributed by atoms with Gasteiger partial charge in [0.25, 0.3) is 5.56 Å². The summed E-state index contributed by atoms with van der Waals surface area (Å²) in [6, 6.07) is 5.15. The summed E-state index contributed by atoms with van der Waals surface area (Å²) in [7, 11) is 0. The Labute approximate surface area is 126 Å². The molecule has 0 unspecified atom stereocenters. The summed E-state index contributed by atoms with van der Waals surface area (Å²) in [6.07, 6.45) is 1.36. The van der Waals surface area contributed by atoms with E-state index in [1.807, 2.05) is 0 Å². The lowest BCUT2D eigenvalue weighted by molar-refractivity contribution is 0.318. The molecule has 1 aromatic heterocycles. The predicted molar refractivity (Wildman–Crippen MR) is 76.4 cm³/mol. The van der Waals surface area contributed by atoms with Crippen molar-refractivity contribution in [1.29, 1.82) is 0 Å². The zero-order valence-corrected chi connectivity index (χ0v) is 12.1. The van der Waals surface area contributed by atoms with E-state index < -0.39 is 17.2 Å². The highest BCUT2D eigenvalue weighted by Gasteiger charge is 2.15. The lowest BCUT2D eigenvalue weighted by Gasteiger charge is -2.10. The van der Waals surface area contributed by atoms with Gasteiger partial charge in [0.2, 0.25) is 0 Å². The number of halogens is 3. The number of amidine groups is 1. The Kier molecular flexibility index (Phi) is 4.37. The van der Waals surface area contributed by atoms with Crippen LogP contribution < -0.4 is 11.3 Å². The number of pyridine rings is 1. The molecule has 0 amide bonds. The molecule has 0 fully saturated rings. The fourth-order valence-electron chi connectivity index (χ4n) is 1.79. The minimum atomic E-state index is -0.781. The van der Waals surface area contributed by atoms with Crippen LogP contribution in [0.2, 0.25) is 0 Å². The molecule has 21 heavy (non-hydrogen) atoms. The Morgan fingerprint density at radius 3 is 2.76 bits per heavy atom. The summed E-state index contributed by atoms with van der Waals surface area (Å²) in [6.45, 7) is -0.317.